The summed E-state index contributed by atoms with van der Waals surface area (Å²) in [6.07, 6.45) is 0.400. The zero-order valence-corrected chi connectivity index (χ0v) is 12.5. The van der Waals surface area contributed by atoms with Gasteiger partial charge in [0.2, 0.25) is 10.0 Å². The molecular formula is C12H16ClNO4S. The number of hydrogen-bond acceptors (Lipinski definition) is 4. The van der Waals surface area contributed by atoms with Crippen LogP contribution < -0.4 is 5.14 Å². The molecule has 0 radical (unpaired) electrons. The third kappa shape index (κ3) is 3.92. The Morgan fingerprint density at radius 1 is 1.47 bits per heavy atom. The van der Waals surface area contributed by atoms with Gasteiger partial charge in [0.1, 0.15) is 0 Å². The summed E-state index contributed by atoms with van der Waals surface area (Å²) in [5.41, 5.74) is 0.569. The van der Waals surface area contributed by atoms with Crippen molar-refractivity contribution in [1.29, 1.82) is 0 Å². The highest BCUT2D eigenvalue weighted by molar-refractivity contribution is 7.89. The van der Waals surface area contributed by atoms with Crippen LogP contribution in [0.4, 0.5) is 0 Å². The molecule has 0 amide bonds. The van der Waals surface area contributed by atoms with Gasteiger partial charge in [0.25, 0.3) is 0 Å². The van der Waals surface area contributed by atoms with Crippen molar-refractivity contribution in [3.63, 3.8) is 0 Å². The molecule has 19 heavy (non-hydrogen) atoms. The van der Waals surface area contributed by atoms with Crippen LogP contribution in [0.15, 0.2) is 17.0 Å². The molecular weight excluding hydrogens is 290 g/mol. The van der Waals surface area contributed by atoms with E-state index in [0.29, 0.717) is 12.0 Å². The fourth-order valence-electron chi connectivity index (χ4n) is 1.36. The lowest BCUT2D eigenvalue weighted by Crippen LogP contribution is -2.17. The fraction of sp³-hybridized carbons (Fsp3) is 0.417. The number of primary sulfonamides is 1. The lowest BCUT2D eigenvalue weighted by molar-refractivity contribution is 0.0333. The fourth-order valence-corrected chi connectivity index (χ4v) is 2.21. The lowest BCUT2D eigenvalue weighted by Gasteiger charge is -2.13. The molecule has 0 aliphatic rings. The Bertz CT molecular complexity index is 598. The van der Waals surface area contributed by atoms with E-state index in [0.717, 1.165) is 0 Å². The first-order valence-electron chi connectivity index (χ1n) is 5.70. The molecule has 0 aromatic heterocycles. The molecule has 2 N–H and O–H groups in total. The molecule has 0 bridgehead atoms. The molecule has 1 atom stereocenters. The van der Waals surface area contributed by atoms with Gasteiger partial charge in [0.15, 0.2) is 0 Å². The Balaban J connectivity index is 3.27. The molecule has 0 aliphatic heterocycles. The van der Waals surface area contributed by atoms with Crippen LogP contribution in [-0.2, 0) is 14.8 Å². The molecule has 0 saturated carbocycles. The minimum atomic E-state index is -3.92. The minimum Gasteiger partial charge on any atom is -0.459 e. The number of ether oxygens (including phenoxy) is 1. The SMILES string of the molecule is CCC(C)OC(=O)c1cc(S(N)(=O)=O)cc(Cl)c1C. The Labute approximate surface area is 117 Å². The number of nitrogens with two attached hydrogens (primary N) is 1. The summed E-state index contributed by atoms with van der Waals surface area (Å²) in [5, 5.41) is 5.19. The molecule has 1 aromatic rings. The third-order valence-electron chi connectivity index (χ3n) is 2.75. The van der Waals surface area contributed by atoms with Gasteiger partial charge in [-0.3, -0.25) is 0 Å². The van der Waals surface area contributed by atoms with Gasteiger partial charge in [-0.2, -0.15) is 0 Å². The first-order valence-corrected chi connectivity index (χ1v) is 7.63. The number of halogens is 1. The lowest BCUT2D eigenvalue weighted by atomic mass is 10.1. The minimum absolute atomic E-state index is 0.108. The van der Waals surface area contributed by atoms with Gasteiger partial charge >= 0.3 is 5.97 Å². The second-order valence-electron chi connectivity index (χ2n) is 4.25. The first-order chi connectivity index (χ1) is 8.66. The highest BCUT2D eigenvalue weighted by Gasteiger charge is 2.19. The van der Waals surface area contributed by atoms with Crippen LogP contribution in [0.5, 0.6) is 0 Å². The van der Waals surface area contributed by atoms with Crippen LogP contribution in [0.25, 0.3) is 0 Å². The van der Waals surface area contributed by atoms with E-state index in [-0.39, 0.29) is 21.6 Å². The number of rotatable bonds is 4. The van der Waals surface area contributed by atoms with Crippen molar-refractivity contribution < 1.29 is 17.9 Å². The van der Waals surface area contributed by atoms with E-state index in [4.69, 9.17) is 21.5 Å². The zero-order chi connectivity index (χ0) is 14.8. The summed E-state index contributed by atoms with van der Waals surface area (Å²) in [6, 6.07) is 2.40. The van der Waals surface area contributed by atoms with Crippen molar-refractivity contribution in [2.24, 2.45) is 5.14 Å². The standard InChI is InChI=1S/C12H16ClNO4S/c1-4-7(2)18-12(15)10-5-9(19(14,16)17)6-11(13)8(10)3/h5-7H,4H2,1-3H3,(H2,14,16,17). The number of sulfonamides is 1. The van der Waals surface area contributed by atoms with Crippen LogP contribution in [-0.4, -0.2) is 20.5 Å². The van der Waals surface area contributed by atoms with E-state index in [1.165, 1.54) is 12.1 Å². The molecule has 1 rings (SSSR count). The molecule has 0 spiro atoms. The second-order valence-corrected chi connectivity index (χ2v) is 6.22. The Morgan fingerprint density at radius 3 is 2.53 bits per heavy atom. The summed E-state index contributed by atoms with van der Waals surface area (Å²) in [5.74, 6) is -0.612. The van der Waals surface area contributed by atoms with Crippen LogP contribution in [0.2, 0.25) is 5.02 Å². The number of carbonyl (C=O) groups excluding carboxylic acids is 1. The molecule has 0 fully saturated rings. The van der Waals surface area contributed by atoms with Crippen molar-refractivity contribution in [3.05, 3.63) is 28.3 Å². The third-order valence-corrected chi connectivity index (χ3v) is 4.03. The molecule has 0 aliphatic carbocycles. The van der Waals surface area contributed by atoms with Gasteiger partial charge in [-0.05, 0) is 38.0 Å². The van der Waals surface area contributed by atoms with Crippen LogP contribution >= 0.6 is 11.6 Å². The van der Waals surface area contributed by atoms with Crippen molar-refractivity contribution in [2.45, 2.75) is 38.2 Å². The first kappa shape index (κ1) is 15.9. The molecule has 1 unspecified atom stereocenters. The summed E-state index contributed by atoms with van der Waals surface area (Å²) in [4.78, 5) is 11.7. The van der Waals surface area contributed by atoms with Crippen LogP contribution in [0.3, 0.4) is 0 Å². The largest absolute Gasteiger partial charge is 0.459 e. The van der Waals surface area contributed by atoms with E-state index >= 15 is 0 Å². The summed E-state index contributed by atoms with van der Waals surface area (Å²) >= 11 is 5.91. The molecule has 5 nitrogen and oxygen atoms in total. The van der Waals surface area contributed by atoms with E-state index in [2.05, 4.69) is 0 Å². The normalized spacial score (nSPS) is 13.1. The highest BCUT2D eigenvalue weighted by Crippen LogP contribution is 2.24. The van der Waals surface area contributed by atoms with Crippen molar-refractivity contribution >= 4 is 27.6 Å². The predicted octanol–water partition coefficient (Wildman–Crippen LogP) is 2.25. The Morgan fingerprint density at radius 2 is 2.05 bits per heavy atom. The zero-order valence-electron chi connectivity index (χ0n) is 10.9. The molecule has 7 heteroatoms. The summed E-state index contributed by atoms with van der Waals surface area (Å²) in [6.45, 7) is 5.24. The van der Waals surface area contributed by atoms with E-state index in [9.17, 15) is 13.2 Å². The van der Waals surface area contributed by atoms with Gasteiger partial charge in [-0.15, -0.1) is 0 Å². The van der Waals surface area contributed by atoms with E-state index < -0.39 is 16.0 Å². The maximum atomic E-state index is 11.9. The predicted molar refractivity (Wildman–Crippen MR) is 72.7 cm³/mol. The molecule has 1 aromatic carbocycles. The summed E-state index contributed by atoms with van der Waals surface area (Å²) in [7, 11) is -3.92. The van der Waals surface area contributed by atoms with Gasteiger partial charge in [0, 0.05) is 5.02 Å². The number of benzene rings is 1. The molecule has 106 valence electrons. The number of esters is 1. The number of carbonyl (C=O) groups is 1. The maximum absolute atomic E-state index is 11.9. The quantitative estimate of drug-likeness (QED) is 0.864. The van der Waals surface area contributed by atoms with Crippen molar-refractivity contribution in [1.82, 2.24) is 0 Å². The van der Waals surface area contributed by atoms with Crippen molar-refractivity contribution in [3.8, 4) is 0 Å². The average molecular weight is 306 g/mol. The van der Waals surface area contributed by atoms with Crippen molar-refractivity contribution in [2.75, 3.05) is 0 Å². The van der Waals surface area contributed by atoms with Crippen LogP contribution in [0, 0.1) is 6.92 Å². The molecule has 0 saturated heterocycles. The van der Waals surface area contributed by atoms with E-state index in [1.54, 1.807) is 13.8 Å². The molecule has 0 heterocycles. The topological polar surface area (TPSA) is 86.5 Å². The smallest absolute Gasteiger partial charge is 0.338 e. The van der Waals surface area contributed by atoms with Gasteiger partial charge in [-0.1, -0.05) is 18.5 Å². The average Bonchev–Trinajstić information content (AvgIpc) is 2.30. The monoisotopic (exact) mass is 305 g/mol. The number of hydrogen-bond donors (Lipinski definition) is 1. The van der Waals surface area contributed by atoms with Gasteiger partial charge in [0.05, 0.1) is 16.6 Å². The van der Waals surface area contributed by atoms with E-state index in [1.807, 2.05) is 6.92 Å². The van der Waals surface area contributed by atoms with Gasteiger partial charge in [-0.25, -0.2) is 18.4 Å². The highest BCUT2D eigenvalue weighted by atomic mass is 35.5. The van der Waals surface area contributed by atoms with Crippen LogP contribution in [0.1, 0.15) is 36.2 Å². The Hall–Kier alpha value is -1.11. The second kappa shape index (κ2) is 5.90. The Kier molecular flexibility index (Phi) is 4.95. The maximum Gasteiger partial charge on any atom is 0.338 e. The van der Waals surface area contributed by atoms with Gasteiger partial charge < -0.3 is 4.74 Å². The summed E-state index contributed by atoms with van der Waals surface area (Å²) < 4.78 is 27.8.